The summed E-state index contributed by atoms with van der Waals surface area (Å²) in [4.78, 5) is 50.9. The van der Waals surface area contributed by atoms with Gasteiger partial charge in [-0.25, -0.2) is 0 Å². The van der Waals surface area contributed by atoms with Crippen LogP contribution in [0.1, 0.15) is 95.8 Å². The fraction of sp³-hybridized carbons (Fsp3) is 0.760. The van der Waals surface area contributed by atoms with Crippen LogP contribution < -0.4 is 26.0 Å². The van der Waals surface area contributed by atoms with Gasteiger partial charge in [0.25, 0.3) is 5.91 Å². The summed E-state index contributed by atoms with van der Waals surface area (Å²) in [5, 5.41) is 119. The molecule has 0 aliphatic carbocycles. The predicted molar refractivity (Wildman–Crippen MR) is 262 cm³/mol. The molecule has 1 aromatic rings. The summed E-state index contributed by atoms with van der Waals surface area (Å²) in [5.74, 6) is -2.56. The van der Waals surface area contributed by atoms with E-state index in [0.29, 0.717) is 12.4 Å². The number of unbranched alkanes of at least 4 members (excludes halogenated alkanes) is 7. The van der Waals surface area contributed by atoms with E-state index < -0.39 is 173 Å². The summed E-state index contributed by atoms with van der Waals surface area (Å²) in [6.07, 6.45) is -13.5. The van der Waals surface area contributed by atoms with Crippen molar-refractivity contribution in [1.29, 1.82) is 0 Å². The van der Waals surface area contributed by atoms with Gasteiger partial charge in [0, 0.05) is 26.3 Å². The van der Waals surface area contributed by atoms with Crippen molar-refractivity contribution >= 4 is 23.6 Å². The van der Waals surface area contributed by atoms with Gasteiger partial charge in [-0.15, -0.1) is 0 Å². The Kier molecular flexibility index (Phi) is 25.6. The van der Waals surface area contributed by atoms with Gasteiger partial charge in [0.2, 0.25) is 17.7 Å². The predicted octanol–water partition coefficient (Wildman–Crippen LogP) is -3.41. The third-order valence-electron chi connectivity index (χ3n) is 13.5. The van der Waals surface area contributed by atoms with Crippen molar-refractivity contribution in [1.82, 2.24) is 21.3 Å². The average molecular weight is 1090 g/mol. The number of aliphatic hydroxyl groups is 10. The van der Waals surface area contributed by atoms with Crippen molar-refractivity contribution in [3.63, 3.8) is 0 Å². The van der Waals surface area contributed by atoms with E-state index in [-0.39, 0.29) is 5.56 Å². The zero-order valence-electron chi connectivity index (χ0n) is 43.3. The van der Waals surface area contributed by atoms with Crippen LogP contribution in [0.3, 0.4) is 0 Å². The first-order chi connectivity index (χ1) is 36.4. The third-order valence-corrected chi connectivity index (χ3v) is 13.5. The number of amides is 4. The highest BCUT2D eigenvalue weighted by Crippen LogP contribution is 2.35. The molecule has 4 aliphatic rings. The van der Waals surface area contributed by atoms with Gasteiger partial charge in [-0.1, -0.05) is 44.4 Å². The quantitative estimate of drug-likeness (QED) is 0.0301. The Morgan fingerprint density at radius 1 is 0.526 bits per heavy atom. The lowest BCUT2D eigenvalue weighted by Gasteiger charge is -2.51. The maximum absolute atomic E-state index is 13.8. The summed E-state index contributed by atoms with van der Waals surface area (Å²) in [6.45, 7) is 2.29. The number of nitrogens with one attached hydrogen (secondary N) is 4. The maximum Gasteiger partial charge on any atom is 0.251 e. The summed E-state index contributed by atoms with van der Waals surface area (Å²) in [6, 6.07) is -0.150. The van der Waals surface area contributed by atoms with E-state index in [2.05, 4.69) is 40.3 Å². The van der Waals surface area contributed by atoms with Gasteiger partial charge in [-0.2, -0.15) is 0 Å². The Hall–Kier alpha value is -4.04. The zero-order chi connectivity index (χ0) is 55.6. The second-order valence-corrected chi connectivity index (χ2v) is 19.4. The van der Waals surface area contributed by atoms with E-state index in [4.69, 9.17) is 37.9 Å². The van der Waals surface area contributed by atoms with Gasteiger partial charge >= 0.3 is 0 Å². The molecule has 20 atom stereocenters. The van der Waals surface area contributed by atoms with E-state index in [9.17, 15) is 70.2 Å². The first-order valence-electron chi connectivity index (χ1n) is 26.0. The molecular formula is C50H80N4O22. The number of aliphatic hydroxyl groups excluding tert-OH is 10. The molecule has 4 saturated heterocycles. The largest absolute Gasteiger partial charge is 0.494 e. The van der Waals surface area contributed by atoms with Crippen molar-refractivity contribution in [2.75, 3.05) is 33.0 Å². The van der Waals surface area contributed by atoms with Crippen LogP contribution in [0, 0.1) is 0 Å². The number of allylic oxidation sites excluding steroid dienone is 2. The number of hydrogen-bond donors (Lipinski definition) is 14. The zero-order valence-corrected chi connectivity index (χ0v) is 43.3. The van der Waals surface area contributed by atoms with Gasteiger partial charge in [0.1, 0.15) is 103 Å². The highest BCUT2D eigenvalue weighted by Gasteiger charge is 2.56. The number of benzene rings is 1. The van der Waals surface area contributed by atoms with Gasteiger partial charge in [0.05, 0.1) is 33.0 Å². The molecule has 1 aromatic carbocycles. The molecule has 14 N–H and O–H groups in total. The Morgan fingerprint density at radius 2 is 0.961 bits per heavy atom. The van der Waals surface area contributed by atoms with Crippen molar-refractivity contribution in [3.05, 3.63) is 42.0 Å². The smallest absolute Gasteiger partial charge is 0.251 e. The summed E-state index contributed by atoms with van der Waals surface area (Å²) < 4.78 is 47.5. The molecule has 4 heterocycles. The molecule has 20 unspecified atom stereocenters. The van der Waals surface area contributed by atoms with Gasteiger partial charge in [0.15, 0.2) is 25.2 Å². The first-order valence-corrected chi connectivity index (χ1v) is 26.0. The molecule has 0 saturated carbocycles. The van der Waals surface area contributed by atoms with Gasteiger partial charge in [-0.05, 0) is 56.7 Å². The molecule has 0 radical (unpaired) electrons. The normalized spacial score (nSPS) is 35.8. The topological polar surface area (TPSA) is 393 Å². The van der Waals surface area contributed by atoms with E-state index in [1.807, 2.05) is 0 Å². The van der Waals surface area contributed by atoms with Crippen molar-refractivity contribution in [2.24, 2.45) is 0 Å². The lowest BCUT2D eigenvalue weighted by molar-refractivity contribution is -0.361. The Bertz CT molecular complexity index is 1990. The van der Waals surface area contributed by atoms with Crippen LogP contribution in [0.15, 0.2) is 36.4 Å². The molecule has 76 heavy (non-hydrogen) atoms. The molecule has 432 valence electrons. The molecule has 5 rings (SSSR count). The molecule has 0 aromatic heterocycles. The van der Waals surface area contributed by atoms with Gasteiger partial charge < -0.3 is 110 Å². The van der Waals surface area contributed by atoms with E-state index in [0.717, 1.165) is 52.9 Å². The summed E-state index contributed by atoms with van der Waals surface area (Å²) in [7, 11) is 0. The molecule has 4 aliphatic heterocycles. The van der Waals surface area contributed by atoms with Crippen LogP contribution in [0.4, 0.5) is 0 Å². The van der Waals surface area contributed by atoms with Crippen molar-refractivity contribution < 1.29 is 108 Å². The van der Waals surface area contributed by atoms with Crippen LogP contribution >= 0.6 is 0 Å². The molecule has 0 spiro atoms. The number of carbonyl (C=O) groups is 4. The van der Waals surface area contributed by atoms with Crippen LogP contribution in [0.2, 0.25) is 0 Å². The second-order valence-electron chi connectivity index (χ2n) is 19.4. The minimum absolute atomic E-state index is 0.0883. The summed E-state index contributed by atoms with van der Waals surface area (Å²) in [5.41, 5.74) is 0.0883. The second kappa shape index (κ2) is 30.9. The summed E-state index contributed by atoms with van der Waals surface area (Å²) >= 11 is 0. The van der Waals surface area contributed by atoms with Crippen LogP contribution in [-0.4, -0.2) is 230 Å². The fourth-order valence-electron chi connectivity index (χ4n) is 9.55. The SMILES string of the molecule is CCCCCC/C=C\CCCCCOc1cccc(C(=O)NC2C(OC3C(CO)OC(OC4C(CO)OC(OC5C(CO)OC(O)C(NC(C)=O)C5O)C(NC(C)=O)C4O)C(NC(C)=O)C3O)OC(CO)C(O)C2O)c1. The van der Waals surface area contributed by atoms with Crippen LogP contribution in [-0.2, 0) is 47.5 Å². The molecule has 4 fully saturated rings. The molecule has 26 nitrogen and oxygen atoms in total. The van der Waals surface area contributed by atoms with E-state index >= 15 is 0 Å². The molecule has 26 heteroatoms. The third kappa shape index (κ3) is 17.0. The lowest BCUT2D eigenvalue weighted by atomic mass is 9.93. The highest BCUT2D eigenvalue weighted by atomic mass is 16.8. The van der Waals surface area contributed by atoms with Crippen LogP contribution in [0.5, 0.6) is 5.75 Å². The van der Waals surface area contributed by atoms with Gasteiger partial charge in [-0.3, -0.25) is 19.2 Å². The Morgan fingerprint density at radius 3 is 1.43 bits per heavy atom. The van der Waals surface area contributed by atoms with Crippen molar-refractivity contribution in [2.45, 2.75) is 208 Å². The number of hydrogen-bond acceptors (Lipinski definition) is 22. The lowest BCUT2D eigenvalue weighted by Crippen LogP contribution is -2.71. The fourth-order valence-corrected chi connectivity index (χ4v) is 9.55. The average Bonchev–Trinajstić information content (AvgIpc) is 3.40. The Balaban J connectivity index is 1.30. The Labute approximate surface area is 440 Å². The number of ether oxygens (including phenoxy) is 8. The number of carbonyl (C=O) groups excluding carboxylic acids is 4. The standard InChI is InChI=1S/C50H80N4O22/c1-5-6-7-8-9-10-11-12-13-14-15-19-69-29-18-16-17-28(20-29)46(67)54-35-39(63)38(62)30(21-55)71-48(35)75-44-32(23-57)73-50(37(41(44)65)53-27(4)61)76-45-33(24-58)72-49(36(42(45)66)52-26(3)60)74-43-31(22-56)70-47(68)34(40(43)64)51-25(2)59/h10-11,16-18,20,30-45,47-50,55-58,62-66,68H,5-9,12-15,19,21-24H2,1-4H3,(H,51,59)(H,52,60)(H,53,61)(H,54,67)/b11-10-. The molecule has 0 bridgehead atoms. The maximum atomic E-state index is 13.8. The monoisotopic (exact) mass is 1090 g/mol. The minimum Gasteiger partial charge on any atom is -0.494 e. The number of rotatable bonds is 27. The van der Waals surface area contributed by atoms with E-state index in [1.54, 1.807) is 12.1 Å². The molecule has 4 amide bonds. The minimum atomic E-state index is -1.94. The highest BCUT2D eigenvalue weighted by molar-refractivity contribution is 5.94. The van der Waals surface area contributed by atoms with E-state index in [1.165, 1.54) is 37.8 Å². The first kappa shape index (κ1) is 62.8. The van der Waals surface area contributed by atoms with Crippen LogP contribution in [0.25, 0.3) is 0 Å². The van der Waals surface area contributed by atoms with Crippen molar-refractivity contribution in [3.8, 4) is 5.75 Å². The molecular weight excluding hydrogens is 1010 g/mol.